The van der Waals surface area contributed by atoms with Crippen LogP contribution in [0, 0.1) is 6.92 Å². The van der Waals surface area contributed by atoms with Crippen LogP contribution in [0.5, 0.6) is 0 Å². The summed E-state index contributed by atoms with van der Waals surface area (Å²) in [5, 5.41) is 4.16. The Hall–Kier alpha value is -1.58. The third-order valence-electron chi connectivity index (χ3n) is 2.04. The van der Waals surface area contributed by atoms with Gasteiger partial charge in [-0.1, -0.05) is 0 Å². The maximum atomic E-state index is 11.5. The predicted octanol–water partition coefficient (Wildman–Crippen LogP) is 0.824. The second kappa shape index (κ2) is 2.73. The Morgan fingerprint density at radius 1 is 1.54 bits per heavy atom. The summed E-state index contributed by atoms with van der Waals surface area (Å²) in [6.07, 6.45) is 1.76. The lowest BCUT2D eigenvalue weighted by atomic mass is 10.3. The van der Waals surface area contributed by atoms with Crippen molar-refractivity contribution in [1.82, 2.24) is 14.2 Å². The molecule has 0 aliphatic rings. The van der Waals surface area contributed by atoms with Gasteiger partial charge >= 0.3 is 5.69 Å². The minimum atomic E-state index is -0.0718. The van der Waals surface area contributed by atoms with Gasteiger partial charge in [-0.15, -0.1) is 5.10 Å². The molecular formula is C9H11N3O. The van der Waals surface area contributed by atoms with Crippen LogP contribution in [0.3, 0.4) is 0 Å². The van der Waals surface area contributed by atoms with Crippen molar-refractivity contribution in [2.45, 2.75) is 20.4 Å². The fraction of sp³-hybridized carbons (Fsp3) is 0.333. The molecule has 68 valence electrons. The van der Waals surface area contributed by atoms with Gasteiger partial charge in [-0.05, 0) is 31.5 Å². The van der Waals surface area contributed by atoms with Gasteiger partial charge in [0.15, 0.2) is 5.65 Å². The monoisotopic (exact) mass is 177 g/mol. The van der Waals surface area contributed by atoms with Crippen LogP contribution in [0.2, 0.25) is 0 Å². The number of nitrogens with zero attached hydrogens (tertiary/aromatic N) is 3. The normalized spacial score (nSPS) is 10.9. The van der Waals surface area contributed by atoms with Crippen LogP contribution < -0.4 is 5.69 Å². The molecule has 4 nitrogen and oxygen atoms in total. The zero-order valence-corrected chi connectivity index (χ0v) is 7.69. The smallest absolute Gasteiger partial charge is 0.250 e. The summed E-state index contributed by atoms with van der Waals surface area (Å²) in [7, 11) is 0. The Morgan fingerprint density at radius 2 is 2.31 bits per heavy atom. The SMILES string of the molecule is CCn1nc2cc(C)ccn2c1=O. The molecule has 0 saturated carbocycles. The fourth-order valence-electron chi connectivity index (χ4n) is 1.33. The number of hydrogen-bond donors (Lipinski definition) is 0. The second-order valence-corrected chi connectivity index (χ2v) is 3.03. The molecule has 4 heteroatoms. The lowest BCUT2D eigenvalue weighted by Crippen LogP contribution is -2.19. The van der Waals surface area contributed by atoms with Crippen molar-refractivity contribution in [1.29, 1.82) is 0 Å². The van der Waals surface area contributed by atoms with Crippen LogP contribution in [0.1, 0.15) is 12.5 Å². The van der Waals surface area contributed by atoms with Crippen molar-refractivity contribution >= 4 is 5.65 Å². The molecule has 0 radical (unpaired) electrons. The molecule has 0 bridgehead atoms. The summed E-state index contributed by atoms with van der Waals surface area (Å²) in [5.74, 6) is 0. The highest BCUT2D eigenvalue weighted by atomic mass is 16.2. The first kappa shape index (κ1) is 8.04. The first-order chi connectivity index (χ1) is 6.22. The number of fused-ring (bicyclic) bond motifs is 1. The average Bonchev–Trinajstić information content (AvgIpc) is 2.42. The van der Waals surface area contributed by atoms with Gasteiger partial charge in [0.25, 0.3) is 0 Å². The van der Waals surface area contributed by atoms with Crippen molar-refractivity contribution in [3.63, 3.8) is 0 Å². The second-order valence-electron chi connectivity index (χ2n) is 3.03. The van der Waals surface area contributed by atoms with Crippen LogP contribution in [0.15, 0.2) is 23.1 Å². The van der Waals surface area contributed by atoms with Gasteiger partial charge < -0.3 is 0 Å². The topological polar surface area (TPSA) is 39.3 Å². The van der Waals surface area contributed by atoms with E-state index >= 15 is 0 Å². The number of aryl methyl sites for hydroxylation is 2. The summed E-state index contributed by atoms with van der Waals surface area (Å²) < 4.78 is 3.01. The van der Waals surface area contributed by atoms with Crippen LogP contribution >= 0.6 is 0 Å². The Bertz CT molecular complexity index is 495. The van der Waals surface area contributed by atoms with E-state index in [2.05, 4.69) is 5.10 Å². The summed E-state index contributed by atoms with van der Waals surface area (Å²) in [6.45, 7) is 4.50. The van der Waals surface area contributed by atoms with E-state index in [1.165, 1.54) is 4.68 Å². The van der Waals surface area contributed by atoms with Gasteiger partial charge in [0.2, 0.25) is 0 Å². The highest BCUT2D eigenvalue weighted by Gasteiger charge is 2.03. The third-order valence-corrected chi connectivity index (χ3v) is 2.04. The number of rotatable bonds is 1. The zero-order valence-electron chi connectivity index (χ0n) is 7.69. The van der Waals surface area contributed by atoms with Crippen molar-refractivity contribution in [3.05, 3.63) is 34.4 Å². The first-order valence-corrected chi connectivity index (χ1v) is 4.28. The molecule has 0 fully saturated rings. The number of aromatic nitrogens is 3. The van der Waals surface area contributed by atoms with E-state index in [-0.39, 0.29) is 5.69 Å². The average molecular weight is 177 g/mol. The van der Waals surface area contributed by atoms with E-state index in [1.807, 2.05) is 26.0 Å². The van der Waals surface area contributed by atoms with Crippen molar-refractivity contribution in [2.75, 3.05) is 0 Å². The van der Waals surface area contributed by atoms with E-state index < -0.39 is 0 Å². The molecule has 2 heterocycles. The van der Waals surface area contributed by atoms with Gasteiger partial charge in [-0.25, -0.2) is 9.48 Å². The Labute approximate surface area is 75.4 Å². The number of pyridine rings is 1. The van der Waals surface area contributed by atoms with Gasteiger partial charge in [0.05, 0.1) is 0 Å². The molecule has 0 saturated heterocycles. The standard InChI is InChI=1S/C9H11N3O/c1-3-12-9(13)11-5-4-7(2)6-8(11)10-12/h4-6H,3H2,1-2H3. The van der Waals surface area contributed by atoms with E-state index in [4.69, 9.17) is 0 Å². The summed E-state index contributed by atoms with van der Waals surface area (Å²) >= 11 is 0. The third kappa shape index (κ3) is 1.14. The number of hydrogen-bond acceptors (Lipinski definition) is 2. The van der Waals surface area contributed by atoms with Crippen molar-refractivity contribution in [2.24, 2.45) is 0 Å². The van der Waals surface area contributed by atoms with E-state index in [9.17, 15) is 4.79 Å². The first-order valence-electron chi connectivity index (χ1n) is 4.28. The molecule has 0 amide bonds. The highest BCUT2D eigenvalue weighted by molar-refractivity contribution is 5.39. The molecule has 0 unspecified atom stereocenters. The fourth-order valence-corrected chi connectivity index (χ4v) is 1.33. The molecule has 2 rings (SSSR count). The zero-order chi connectivity index (χ0) is 9.42. The Balaban J connectivity index is 2.84. The molecule has 2 aromatic heterocycles. The molecule has 0 spiro atoms. The Kier molecular flexibility index (Phi) is 1.69. The minimum absolute atomic E-state index is 0.0718. The molecule has 0 aliphatic heterocycles. The van der Waals surface area contributed by atoms with Crippen molar-refractivity contribution < 1.29 is 0 Å². The van der Waals surface area contributed by atoms with Gasteiger partial charge in [0.1, 0.15) is 0 Å². The summed E-state index contributed by atoms with van der Waals surface area (Å²) in [6, 6.07) is 3.80. The van der Waals surface area contributed by atoms with E-state index in [1.54, 1.807) is 10.6 Å². The van der Waals surface area contributed by atoms with Gasteiger partial charge in [-0.2, -0.15) is 0 Å². The molecule has 0 N–H and O–H groups in total. The van der Waals surface area contributed by atoms with E-state index in [0.717, 1.165) is 5.56 Å². The maximum absolute atomic E-state index is 11.5. The van der Waals surface area contributed by atoms with Crippen LogP contribution in [-0.4, -0.2) is 14.2 Å². The predicted molar refractivity (Wildman–Crippen MR) is 49.9 cm³/mol. The van der Waals surface area contributed by atoms with Crippen molar-refractivity contribution in [3.8, 4) is 0 Å². The Morgan fingerprint density at radius 3 is 3.00 bits per heavy atom. The minimum Gasteiger partial charge on any atom is -0.250 e. The maximum Gasteiger partial charge on any atom is 0.350 e. The quantitative estimate of drug-likeness (QED) is 0.647. The van der Waals surface area contributed by atoms with Crippen LogP contribution in [-0.2, 0) is 6.54 Å². The molecular weight excluding hydrogens is 166 g/mol. The lowest BCUT2D eigenvalue weighted by molar-refractivity contribution is 0.633. The largest absolute Gasteiger partial charge is 0.350 e. The lowest BCUT2D eigenvalue weighted by Gasteiger charge is -1.90. The summed E-state index contributed by atoms with van der Waals surface area (Å²) in [5.41, 5.74) is 1.75. The molecule has 0 atom stereocenters. The molecule has 0 aliphatic carbocycles. The highest BCUT2D eigenvalue weighted by Crippen LogP contribution is 2.00. The molecule has 2 aromatic rings. The van der Waals surface area contributed by atoms with Gasteiger partial charge in [0, 0.05) is 12.7 Å². The summed E-state index contributed by atoms with van der Waals surface area (Å²) in [4.78, 5) is 11.5. The van der Waals surface area contributed by atoms with Crippen LogP contribution in [0.25, 0.3) is 5.65 Å². The van der Waals surface area contributed by atoms with Crippen LogP contribution in [0.4, 0.5) is 0 Å². The van der Waals surface area contributed by atoms with Gasteiger partial charge in [-0.3, -0.25) is 4.40 Å². The van der Waals surface area contributed by atoms with E-state index in [0.29, 0.717) is 12.2 Å². The molecule has 0 aromatic carbocycles. The molecule has 13 heavy (non-hydrogen) atoms.